The number of benzene rings is 9. The van der Waals surface area contributed by atoms with E-state index in [1.807, 2.05) is 22.7 Å². The highest BCUT2D eigenvalue weighted by molar-refractivity contribution is 7.26. The van der Waals surface area contributed by atoms with Gasteiger partial charge in [0.2, 0.25) is 0 Å². The van der Waals surface area contributed by atoms with Gasteiger partial charge in [-0.1, -0.05) is 127 Å². The Morgan fingerprint density at radius 1 is 0.328 bits per heavy atom. The van der Waals surface area contributed by atoms with Crippen molar-refractivity contribution in [1.29, 1.82) is 0 Å². The number of fused-ring (bicyclic) bond motifs is 9. The number of rotatable bonds is 6. The lowest BCUT2D eigenvalue weighted by atomic mass is 10.0. The third-order valence-electron chi connectivity index (χ3n) is 11.6. The number of para-hydroxylation sites is 2. The van der Waals surface area contributed by atoms with Crippen LogP contribution in [0.25, 0.3) is 90.1 Å². The van der Waals surface area contributed by atoms with Crippen molar-refractivity contribution >= 4 is 102 Å². The monoisotopic (exact) mass is 774 g/mol. The topological polar surface area (TPSA) is 8.17 Å². The van der Waals surface area contributed by atoms with Crippen molar-refractivity contribution in [2.45, 2.75) is 0 Å². The summed E-state index contributed by atoms with van der Waals surface area (Å²) in [5, 5.41) is 7.70. The molecule has 12 rings (SSSR count). The molecule has 0 N–H and O–H groups in total. The molecule has 272 valence electrons. The lowest BCUT2D eigenvalue weighted by Gasteiger charge is -2.26. The zero-order valence-electron chi connectivity index (χ0n) is 31.3. The quantitative estimate of drug-likeness (QED) is 0.163. The summed E-state index contributed by atoms with van der Waals surface area (Å²) in [4.78, 5) is 2.41. The molecule has 9 aromatic carbocycles. The van der Waals surface area contributed by atoms with Gasteiger partial charge in [0.25, 0.3) is 0 Å². The van der Waals surface area contributed by atoms with Crippen molar-refractivity contribution in [2.24, 2.45) is 0 Å². The Labute approximate surface area is 343 Å². The molecule has 0 fully saturated rings. The molecule has 3 aromatic heterocycles. The van der Waals surface area contributed by atoms with E-state index in [4.69, 9.17) is 0 Å². The lowest BCUT2D eigenvalue weighted by Crippen LogP contribution is -2.10. The van der Waals surface area contributed by atoms with E-state index < -0.39 is 0 Å². The van der Waals surface area contributed by atoms with Gasteiger partial charge in [-0.15, -0.1) is 22.7 Å². The summed E-state index contributed by atoms with van der Waals surface area (Å²) >= 11 is 3.74. The maximum Gasteiger partial charge on any atom is 0.0541 e. The minimum atomic E-state index is 1.11. The molecule has 0 aliphatic carbocycles. The molecule has 0 aliphatic rings. The third-order valence-corrected chi connectivity index (χ3v) is 13.9. The number of aromatic nitrogens is 1. The van der Waals surface area contributed by atoms with Gasteiger partial charge in [0.15, 0.2) is 0 Å². The molecule has 58 heavy (non-hydrogen) atoms. The van der Waals surface area contributed by atoms with Gasteiger partial charge in [-0.25, -0.2) is 0 Å². The Morgan fingerprint density at radius 3 is 1.64 bits per heavy atom. The Morgan fingerprint density at radius 2 is 0.897 bits per heavy atom. The maximum absolute atomic E-state index is 2.44. The van der Waals surface area contributed by atoms with Gasteiger partial charge < -0.3 is 9.47 Å². The summed E-state index contributed by atoms with van der Waals surface area (Å²) in [6, 6.07) is 75.7. The highest BCUT2D eigenvalue weighted by Crippen LogP contribution is 2.45. The number of hydrogen-bond acceptors (Lipinski definition) is 3. The van der Waals surface area contributed by atoms with Crippen molar-refractivity contribution in [3.63, 3.8) is 0 Å². The van der Waals surface area contributed by atoms with E-state index in [1.54, 1.807) is 0 Å². The number of anilines is 3. The first kappa shape index (κ1) is 33.2. The van der Waals surface area contributed by atoms with Crippen LogP contribution in [0, 0.1) is 0 Å². The van der Waals surface area contributed by atoms with E-state index in [-0.39, 0.29) is 0 Å². The van der Waals surface area contributed by atoms with Crippen molar-refractivity contribution in [3.05, 3.63) is 206 Å². The first-order chi connectivity index (χ1) is 28.7. The summed E-state index contributed by atoms with van der Waals surface area (Å²) in [5.41, 5.74) is 11.8. The molecular formula is C54H34N2S2. The lowest BCUT2D eigenvalue weighted by molar-refractivity contribution is 1.19. The fourth-order valence-electron chi connectivity index (χ4n) is 8.90. The largest absolute Gasteiger partial charge is 0.310 e. The Bertz CT molecular complexity index is 3460. The van der Waals surface area contributed by atoms with Gasteiger partial charge >= 0.3 is 0 Å². The first-order valence-corrected chi connectivity index (χ1v) is 21.3. The van der Waals surface area contributed by atoms with Gasteiger partial charge in [-0.2, -0.15) is 0 Å². The minimum Gasteiger partial charge on any atom is -0.310 e. The molecule has 0 atom stereocenters. The molecule has 0 bridgehead atoms. The van der Waals surface area contributed by atoms with E-state index >= 15 is 0 Å². The van der Waals surface area contributed by atoms with Gasteiger partial charge in [0.05, 0.1) is 11.0 Å². The molecular weight excluding hydrogens is 741 g/mol. The van der Waals surface area contributed by atoms with Crippen molar-refractivity contribution in [2.75, 3.05) is 4.90 Å². The Balaban J connectivity index is 1.05. The number of nitrogens with zero attached hydrogens (tertiary/aromatic N) is 2. The fourth-order valence-corrected chi connectivity index (χ4v) is 11.2. The van der Waals surface area contributed by atoms with Crippen LogP contribution in [0.4, 0.5) is 17.1 Å². The van der Waals surface area contributed by atoms with Gasteiger partial charge in [0, 0.05) is 79.4 Å². The molecule has 3 heterocycles. The molecule has 0 unspecified atom stereocenters. The fraction of sp³-hybridized carbons (Fsp3) is 0. The van der Waals surface area contributed by atoms with Crippen molar-refractivity contribution in [3.8, 4) is 27.9 Å². The van der Waals surface area contributed by atoms with Crippen LogP contribution in [0.2, 0.25) is 0 Å². The van der Waals surface area contributed by atoms with Gasteiger partial charge in [-0.05, 0) is 95.6 Å². The highest BCUT2D eigenvalue weighted by Gasteiger charge is 2.19. The van der Waals surface area contributed by atoms with Crippen LogP contribution in [-0.4, -0.2) is 4.57 Å². The molecule has 0 amide bonds. The van der Waals surface area contributed by atoms with E-state index in [1.165, 1.54) is 90.1 Å². The summed E-state index contributed by atoms with van der Waals surface area (Å²) in [7, 11) is 0. The summed E-state index contributed by atoms with van der Waals surface area (Å²) in [6.45, 7) is 0. The highest BCUT2D eigenvalue weighted by atomic mass is 32.1. The van der Waals surface area contributed by atoms with Crippen molar-refractivity contribution in [1.82, 2.24) is 4.57 Å². The van der Waals surface area contributed by atoms with E-state index in [2.05, 4.69) is 216 Å². The van der Waals surface area contributed by atoms with Crippen LogP contribution < -0.4 is 4.90 Å². The molecule has 0 spiro atoms. The summed E-state index contributed by atoms with van der Waals surface area (Å²) in [5.74, 6) is 0. The second-order valence-corrected chi connectivity index (χ2v) is 17.1. The van der Waals surface area contributed by atoms with Crippen molar-refractivity contribution < 1.29 is 0 Å². The second-order valence-electron chi connectivity index (χ2n) is 14.9. The third kappa shape index (κ3) is 5.30. The minimum absolute atomic E-state index is 1.11. The van der Waals surface area contributed by atoms with Gasteiger partial charge in [-0.3, -0.25) is 0 Å². The molecule has 4 heteroatoms. The van der Waals surface area contributed by atoms with E-state index in [0.717, 1.165) is 17.1 Å². The zero-order chi connectivity index (χ0) is 38.2. The first-order valence-electron chi connectivity index (χ1n) is 19.7. The van der Waals surface area contributed by atoms with E-state index in [0.29, 0.717) is 0 Å². The van der Waals surface area contributed by atoms with Crippen LogP contribution in [0.15, 0.2) is 206 Å². The predicted molar refractivity (Wildman–Crippen MR) is 252 cm³/mol. The standard InChI is InChI=1S/C54H34N2S2/c1-2-13-35(14-3-1)37-15-12-16-39(31-37)55(40-29-30-53-47(32-40)44-19-6-10-23-51(44)57-53)38-27-25-36(26-28-38)46-33-41(34-48-45-20-7-11-24-52(45)58-54(46)48)56-49-21-8-4-17-42(49)43-18-5-9-22-50(43)56/h1-34H. The smallest absolute Gasteiger partial charge is 0.0541 e. The van der Waals surface area contributed by atoms with Crippen LogP contribution in [0.3, 0.4) is 0 Å². The van der Waals surface area contributed by atoms with E-state index in [9.17, 15) is 0 Å². The van der Waals surface area contributed by atoms with Crippen LogP contribution >= 0.6 is 22.7 Å². The predicted octanol–water partition coefficient (Wildman–Crippen LogP) is 16.3. The van der Waals surface area contributed by atoms with Crippen LogP contribution in [0.5, 0.6) is 0 Å². The van der Waals surface area contributed by atoms with Crippen LogP contribution in [-0.2, 0) is 0 Å². The Kier molecular flexibility index (Phi) is 7.62. The normalized spacial score (nSPS) is 11.8. The Hall–Kier alpha value is -6.98. The average Bonchev–Trinajstić information content (AvgIpc) is 3.96. The molecule has 0 saturated heterocycles. The summed E-state index contributed by atoms with van der Waals surface area (Å²) < 4.78 is 7.66. The number of hydrogen-bond donors (Lipinski definition) is 0. The average molecular weight is 775 g/mol. The molecule has 12 aromatic rings. The SMILES string of the molecule is c1ccc(-c2cccc(N(c3ccc(-c4cc(-n5c6ccccc6c6ccccc65)cc5c4sc4ccccc45)cc3)c3ccc4sc5ccccc5c4c3)c2)cc1. The summed E-state index contributed by atoms with van der Waals surface area (Å²) in [6.07, 6.45) is 0. The molecule has 0 radical (unpaired) electrons. The second kappa shape index (κ2) is 13.3. The molecule has 2 nitrogen and oxygen atoms in total. The number of thiophene rings is 2. The maximum atomic E-state index is 2.44. The zero-order valence-corrected chi connectivity index (χ0v) is 33.0. The van der Waals surface area contributed by atoms with Gasteiger partial charge in [0.1, 0.15) is 0 Å². The molecule has 0 aliphatic heterocycles. The molecule has 0 saturated carbocycles. The van der Waals surface area contributed by atoms with Crippen LogP contribution in [0.1, 0.15) is 0 Å².